The molecule has 1 atom stereocenters. The van der Waals surface area contributed by atoms with Gasteiger partial charge in [0.25, 0.3) is 0 Å². The Morgan fingerprint density at radius 2 is 1.67 bits per heavy atom. The molecule has 0 aromatic carbocycles. The molecule has 11 heteroatoms. The number of aliphatic hydroxyl groups is 1. The van der Waals surface area contributed by atoms with Crippen LogP contribution in [0.15, 0.2) is 0 Å². The molecular weight excluding hydrogens is 254 g/mol. The maximum atomic E-state index is 10.8. The van der Waals surface area contributed by atoms with E-state index >= 15 is 0 Å². The second kappa shape index (κ2) is 5.29. The number of hydrogen-bond acceptors (Lipinski definition) is 5. The lowest BCUT2D eigenvalue weighted by Crippen LogP contribution is -2.28. The fourth-order valence-electron chi connectivity index (χ4n) is 0.569. The summed E-state index contributed by atoms with van der Waals surface area (Å²) in [5, 5.41) is 8.88. The summed E-state index contributed by atoms with van der Waals surface area (Å²) in [7, 11) is -9.42. The van der Waals surface area contributed by atoms with Crippen LogP contribution in [0.2, 0.25) is 0 Å². The highest BCUT2D eigenvalue weighted by Crippen LogP contribution is 2.37. The van der Waals surface area contributed by atoms with E-state index in [-0.39, 0.29) is 0 Å². The van der Waals surface area contributed by atoms with Crippen LogP contribution in [-0.4, -0.2) is 49.3 Å². The van der Waals surface area contributed by atoms with Crippen LogP contribution in [0.3, 0.4) is 0 Å². The highest BCUT2D eigenvalue weighted by Gasteiger charge is 2.27. The third-order valence-electron chi connectivity index (χ3n) is 1.13. The number of phosphoric ester groups is 1. The third kappa shape index (κ3) is 8.86. The van der Waals surface area contributed by atoms with E-state index in [1.807, 2.05) is 0 Å². The number of phosphoric acid groups is 1. The molecule has 0 rings (SSSR count). The topological polar surface area (TPSA) is 162 Å². The molecule has 0 aliphatic carbocycles. The van der Waals surface area contributed by atoms with Gasteiger partial charge < -0.3 is 24.7 Å². The standard InChI is InChI=1S/C4H10O9P2/c5-3(1-13-15(10,11)12)4(6)2-14(7,8)9/h3,5H,1-2H2,(H2,7,8,9)(H2,10,11,12)/t3-/m0/s1. The van der Waals surface area contributed by atoms with E-state index in [1.54, 1.807) is 0 Å². The van der Waals surface area contributed by atoms with Crippen molar-refractivity contribution in [2.75, 3.05) is 12.8 Å². The Morgan fingerprint density at radius 3 is 2.00 bits per heavy atom. The smallest absolute Gasteiger partial charge is 0.383 e. The molecule has 0 saturated carbocycles. The Hall–Kier alpha value is -0.110. The molecule has 0 aromatic heterocycles. The first-order chi connectivity index (χ1) is 6.51. The van der Waals surface area contributed by atoms with Crippen molar-refractivity contribution in [3.05, 3.63) is 0 Å². The molecule has 0 spiro atoms. The number of ketones is 1. The molecule has 0 aliphatic rings. The van der Waals surface area contributed by atoms with E-state index in [2.05, 4.69) is 4.52 Å². The van der Waals surface area contributed by atoms with Gasteiger partial charge in [0.15, 0.2) is 5.78 Å². The summed E-state index contributed by atoms with van der Waals surface area (Å²) in [5.74, 6) is -1.25. The Labute approximate surface area is 84.1 Å². The molecule has 0 bridgehead atoms. The predicted octanol–water partition coefficient (Wildman–Crippen LogP) is -1.80. The van der Waals surface area contributed by atoms with Crippen LogP contribution in [-0.2, 0) is 18.4 Å². The average Bonchev–Trinajstić information content (AvgIpc) is 1.95. The minimum Gasteiger partial charge on any atom is -0.383 e. The molecule has 5 N–H and O–H groups in total. The van der Waals surface area contributed by atoms with Crippen molar-refractivity contribution in [2.45, 2.75) is 6.10 Å². The summed E-state index contributed by atoms with van der Waals surface area (Å²) < 4.78 is 24.2. The van der Waals surface area contributed by atoms with E-state index in [0.717, 1.165) is 0 Å². The Kier molecular flexibility index (Phi) is 5.25. The lowest BCUT2D eigenvalue weighted by atomic mass is 10.3. The summed E-state index contributed by atoms with van der Waals surface area (Å²) in [4.78, 5) is 43.9. The molecule has 0 aromatic rings. The van der Waals surface area contributed by atoms with Crippen LogP contribution in [0.1, 0.15) is 0 Å². The van der Waals surface area contributed by atoms with Crippen LogP contribution in [0, 0.1) is 0 Å². The molecule has 0 radical (unpaired) electrons. The van der Waals surface area contributed by atoms with Crippen molar-refractivity contribution in [3.63, 3.8) is 0 Å². The van der Waals surface area contributed by atoms with Crippen LogP contribution < -0.4 is 0 Å². The zero-order valence-corrected chi connectivity index (χ0v) is 9.04. The van der Waals surface area contributed by atoms with Gasteiger partial charge in [0.2, 0.25) is 0 Å². The molecule has 0 unspecified atom stereocenters. The maximum absolute atomic E-state index is 10.8. The molecule has 0 aliphatic heterocycles. The van der Waals surface area contributed by atoms with Crippen molar-refractivity contribution in [2.24, 2.45) is 0 Å². The van der Waals surface area contributed by atoms with Gasteiger partial charge >= 0.3 is 15.4 Å². The van der Waals surface area contributed by atoms with Gasteiger partial charge in [-0.1, -0.05) is 0 Å². The van der Waals surface area contributed by atoms with E-state index in [1.165, 1.54) is 0 Å². The van der Waals surface area contributed by atoms with E-state index < -0.39 is 40.1 Å². The normalized spacial score (nSPS) is 15.0. The Balaban J connectivity index is 4.12. The SMILES string of the molecule is O=C(CP(=O)(O)O)[C@@H](O)COP(=O)(O)O. The van der Waals surface area contributed by atoms with Gasteiger partial charge in [-0.15, -0.1) is 0 Å². The van der Waals surface area contributed by atoms with Gasteiger partial charge in [0.1, 0.15) is 12.3 Å². The van der Waals surface area contributed by atoms with Gasteiger partial charge in [-0.05, 0) is 0 Å². The van der Waals surface area contributed by atoms with Crippen molar-refractivity contribution in [1.29, 1.82) is 0 Å². The average molecular weight is 264 g/mol. The second-order valence-corrected chi connectivity index (χ2v) is 5.48. The van der Waals surface area contributed by atoms with Crippen LogP contribution in [0.5, 0.6) is 0 Å². The fraction of sp³-hybridized carbons (Fsp3) is 0.750. The Morgan fingerprint density at radius 1 is 1.20 bits per heavy atom. The van der Waals surface area contributed by atoms with Gasteiger partial charge in [0.05, 0.1) is 6.61 Å². The molecule has 0 fully saturated rings. The molecule has 0 saturated heterocycles. The summed E-state index contributed by atoms with van der Waals surface area (Å²) >= 11 is 0. The lowest BCUT2D eigenvalue weighted by Gasteiger charge is -2.11. The second-order valence-electron chi connectivity index (χ2n) is 2.59. The van der Waals surface area contributed by atoms with Gasteiger partial charge in [-0.3, -0.25) is 13.9 Å². The van der Waals surface area contributed by atoms with Gasteiger partial charge in [0, 0.05) is 0 Å². The van der Waals surface area contributed by atoms with E-state index in [9.17, 15) is 13.9 Å². The minimum atomic E-state index is -4.82. The van der Waals surface area contributed by atoms with Crippen molar-refractivity contribution in [1.82, 2.24) is 0 Å². The number of carbonyl (C=O) groups is 1. The van der Waals surface area contributed by atoms with Crippen LogP contribution in [0.25, 0.3) is 0 Å². The summed E-state index contributed by atoms with van der Waals surface area (Å²) in [5.41, 5.74) is 0. The monoisotopic (exact) mass is 264 g/mol. The largest absolute Gasteiger partial charge is 0.469 e. The molecule has 9 nitrogen and oxygen atoms in total. The summed E-state index contributed by atoms with van der Waals surface area (Å²) in [6.45, 7) is -1.02. The highest BCUT2D eigenvalue weighted by atomic mass is 31.2. The van der Waals surface area contributed by atoms with Crippen LogP contribution >= 0.6 is 15.4 Å². The Bertz CT molecular complexity index is 312. The van der Waals surface area contributed by atoms with Crippen molar-refractivity contribution in [3.8, 4) is 0 Å². The number of hydrogen-bond donors (Lipinski definition) is 5. The predicted molar refractivity (Wildman–Crippen MR) is 45.9 cm³/mol. The third-order valence-corrected chi connectivity index (χ3v) is 2.34. The molecule has 90 valence electrons. The van der Waals surface area contributed by atoms with Gasteiger partial charge in [-0.25, -0.2) is 4.57 Å². The number of aliphatic hydroxyl groups excluding tert-OH is 1. The van der Waals surface area contributed by atoms with E-state index in [4.69, 9.17) is 24.7 Å². The zero-order valence-electron chi connectivity index (χ0n) is 7.26. The van der Waals surface area contributed by atoms with E-state index in [0.29, 0.717) is 0 Å². The molecule has 0 amide bonds. The highest BCUT2D eigenvalue weighted by molar-refractivity contribution is 7.52. The molecule has 15 heavy (non-hydrogen) atoms. The van der Waals surface area contributed by atoms with Crippen molar-refractivity contribution < 1.29 is 43.1 Å². The fourth-order valence-corrected chi connectivity index (χ4v) is 1.52. The first-order valence-electron chi connectivity index (χ1n) is 3.47. The lowest BCUT2D eigenvalue weighted by molar-refractivity contribution is -0.126. The zero-order chi connectivity index (χ0) is 12.3. The first-order valence-corrected chi connectivity index (χ1v) is 6.79. The minimum absolute atomic E-state index is 1.02. The number of rotatable bonds is 6. The van der Waals surface area contributed by atoms with Gasteiger partial charge in [-0.2, -0.15) is 0 Å². The summed E-state index contributed by atoms with van der Waals surface area (Å²) in [6, 6.07) is 0. The first kappa shape index (κ1) is 14.9. The molecule has 0 heterocycles. The van der Waals surface area contributed by atoms with Crippen molar-refractivity contribution >= 4 is 21.2 Å². The number of carbonyl (C=O) groups excluding carboxylic acids is 1. The maximum Gasteiger partial charge on any atom is 0.469 e. The molecular formula is C4H10O9P2. The summed E-state index contributed by atoms with van der Waals surface area (Å²) in [6.07, 6.45) is -3.19. The van der Waals surface area contributed by atoms with Crippen LogP contribution in [0.4, 0.5) is 0 Å². The number of Topliss-reactive ketones (excluding diaryl/α,β-unsaturated/α-hetero) is 1. The quantitative estimate of drug-likeness (QED) is 0.348.